The molecule has 0 saturated carbocycles. The highest BCUT2D eigenvalue weighted by Gasteiger charge is 2.01. The van der Waals surface area contributed by atoms with E-state index in [-0.39, 0.29) is 0 Å². The van der Waals surface area contributed by atoms with Crippen LogP contribution < -0.4 is 0 Å². The van der Waals surface area contributed by atoms with Gasteiger partial charge in [-0.15, -0.1) is 0 Å². The van der Waals surface area contributed by atoms with E-state index in [0.29, 0.717) is 9.76 Å². The molecule has 1 heterocycles. The highest BCUT2D eigenvalue weighted by molar-refractivity contribution is 9.10. The van der Waals surface area contributed by atoms with Gasteiger partial charge in [-0.05, 0) is 29.8 Å². The van der Waals surface area contributed by atoms with E-state index in [1.54, 1.807) is 0 Å². The normalized spacial score (nSPS) is 10.0. The van der Waals surface area contributed by atoms with Gasteiger partial charge in [0.15, 0.2) is 5.15 Å². The molecule has 0 aliphatic rings. The molecule has 0 amide bonds. The van der Waals surface area contributed by atoms with Gasteiger partial charge >= 0.3 is 0 Å². The Labute approximate surface area is 72.8 Å². The van der Waals surface area contributed by atoms with Crippen molar-refractivity contribution in [1.29, 1.82) is 0 Å². The van der Waals surface area contributed by atoms with Gasteiger partial charge in [-0.1, -0.05) is 11.6 Å². The molecule has 0 aliphatic heterocycles. The molecule has 1 aromatic heterocycles. The number of hydrogen-bond donors (Lipinski definition) is 0. The molecule has 0 unspecified atom stereocenters. The Morgan fingerprint density at radius 2 is 1.70 bits per heavy atom. The van der Waals surface area contributed by atoms with E-state index in [2.05, 4.69) is 25.9 Å². The summed E-state index contributed by atoms with van der Waals surface area (Å²) in [5.74, 6) is 0. The predicted octanol–water partition coefficient (Wildman–Crippen LogP) is 2.51. The minimum absolute atomic E-state index is 0.420. The van der Waals surface area contributed by atoms with Crippen molar-refractivity contribution in [3.05, 3.63) is 21.1 Å². The zero-order valence-corrected chi connectivity index (χ0v) is 7.99. The maximum atomic E-state index is 5.67. The van der Waals surface area contributed by atoms with Crippen molar-refractivity contribution >= 4 is 27.5 Å². The lowest BCUT2D eigenvalue weighted by Crippen LogP contribution is -1.92. The van der Waals surface area contributed by atoms with Crippen LogP contribution in [0.1, 0.15) is 11.4 Å². The molecule has 0 aromatic carbocycles. The second kappa shape index (κ2) is 2.84. The van der Waals surface area contributed by atoms with Crippen molar-refractivity contribution in [1.82, 2.24) is 9.97 Å². The zero-order chi connectivity index (χ0) is 7.72. The maximum absolute atomic E-state index is 5.67. The van der Waals surface area contributed by atoms with Crippen molar-refractivity contribution in [2.75, 3.05) is 0 Å². The summed E-state index contributed by atoms with van der Waals surface area (Å²) in [6.07, 6.45) is 0. The molecule has 54 valence electrons. The lowest BCUT2D eigenvalue weighted by atomic mass is 10.4. The standard InChI is InChI=1S/C6H6BrClN2/c1-3-4(2)10-6(8)5(7)9-3/h1-2H3. The SMILES string of the molecule is Cc1nc(Cl)c(Br)nc1C. The highest BCUT2D eigenvalue weighted by atomic mass is 79.9. The molecule has 0 atom stereocenters. The second-order valence-electron chi connectivity index (χ2n) is 1.98. The van der Waals surface area contributed by atoms with Crippen LogP contribution in [0.5, 0.6) is 0 Å². The van der Waals surface area contributed by atoms with Crippen molar-refractivity contribution in [2.24, 2.45) is 0 Å². The average Bonchev–Trinajstić information content (AvgIpc) is 1.84. The predicted molar refractivity (Wildman–Crippen MR) is 44.2 cm³/mol. The molecule has 0 radical (unpaired) electrons. The topological polar surface area (TPSA) is 25.8 Å². The number of halogens is 2. The zero-order valence-electron chi connectivity index (χ0n) is 5.65. The molecular weight excluding hydrogens is 215 g/mol. The number of aryl methyl sites for hydroxylation is 2. The van der Waals surface area contributed by atoms with E-state index in [4.69, 9.17) is 11.6 Å². The van der Waals surface area contributed by atoms with Crippen LogP contribution in [0, 0.1) is 13.8 Å². The lowest BCUT2D eigenvalue weighted by molar-refractivity contribution is 1.03. The molecule has 1 aromatic rings. The van der Waals surface area contributed by atoms with E-state index in [9.17, 15) is 0 Å². The van der Waals surface area contributed by atoms with Gasteiger partial charge in [-0.25, -0.2) is 9.97 Å². The van der Waals surface area contributed by atoms with E-state index < -0.39 is 0 Å². The molecule has 0 spiro atoms. The average molecular weight is 221 g/mol. The molecule has 0 aliphatic carbocycles. The van der Waals surface area contributed by atoms with Gasteiger partial charge in [-0.2, -0.15) is 0 Å². The number of aromatic nitrogens is 2. The van der Waals surface area contributed by atoms with Crippen LogP contribution in [0.15, 0.2) is 4.60 Å². The molecule has 2 nitrogen and oxygen atoms in total. The Kier molecular flexibility index (Phi) is 2.26. The summed E-state index contributed by atoms with van der Waals surface area (Å²) in [6.45, 7) is 3.77. The first kappa shape index (κ1) is 7.95. The summed E-state index contributed by atoms with van der Waals surface area (Å²) in [6, 6.07) is 0. The molecule has 4 heteroatoms. The summed E-state index contributed by atoms with van der Waals surface area (Å²) < 4.78 is 0.609. The minimum atomic E-state index is 0.420. The van der Waals surface area contributed by atoms with Gasteiger partial charge in [0.25, 0.3) is 0 Å². The van der Waals surface area contributed by atoms with Gasteiger partial charge < -0.3 is 0 Å². The Bertz CT molecular complexity index is 212. The Morgan fingerprint density at radius 3 is 2.20 bits per heavy atom. The van der Waals surface area contributed by atoms with E-state index in [0.717, 1.165) is 11.4 Å². The summed E-state index contributed by atoms with van der Waals surface area (Å²) in [7, 11) is 0. The van der Waals surface area contributed by atoms with Gasteiger partial charge in [0.1, 0.15) is 4.60 Å². The lowest BCUT2D eigenvalue weighted by Gasteiger charge is -1.99. The molecule has 10 heavy (non-hydrogen) atoms. The maximum Gasteiger partial charge on any atom is 0.162 e. The summed E-state index contributed by atoms with van der Waals surface area (Å²) in [5, 5.41) is 0.420. The van der Waals surface area contributed by atoms with Crippen molar-refractivity contribution < 1.29 is 0 Å². The van der Waals surface area contributed by atoms with Gasteiger partial charge in [0.2, 0.25) is 0 Å². The third kappa shape index (κ3) is 1.47. The monoisotopic (exact) mass is 220 g/mol. The second-order valence-corrected chi connectivity index (χ2v) is 3.09. The van der Waals surface area contributed by atoms with Crippen LogP contribution in [0.3, 0.4) is 0 Å². The number of hydrogen-bond acceptors (Lipinski definition) is 2. The third-order valence-corrected chi connectivity index (χ3v) is 2.27. The summed E-state index contributed by atoms with van der Waals surface area (Å²) in [5.41, 5.74) is 1.77. The first-order chi connectivity index (χ1) is 4.61. The van der Waals surface area contributed by atoms with Crippen molar-refractivity contribution in [2.45, 2.75) is 13.8 Å². The van der Waals surface area contributed by atoms with Gasteiger partial charge in [0.05, 0.1) is 11.4 Å². The Morgan fingerprint density at radius 1 is 1.20 bits per heavy atom. The molecule has 0 N–H and O–H groups in total. The molecule has 0 bridgehead atoms. The van der Waals surface area contributed by atoms with E-state index in [1.807, 2.05) is 13.8 Å². The van der Waals surface area contributed by atoms with Crippen LogP contribution in [0.4, 0.5) is 0 Å². The van der Waals surface area contributed by atoms with Crippen LogP contribution in [0.25, 0.3) is 0 Å². The smallest absolute Gasteiger partial charge is 0.162 e. The first-order valence-electron chi connectivity index (χ1n) is 2.77. The van der Waals surface area contributed by atoms with Crippen LogP contribution in [-0.4, -0.2) is 9.97 Å². The van der Waals surface area contributed by atoms with Crippen molar-refractivity contribution in [3.63, 3.8) is 0 Å². The van der Waals surface area contributed by atoms with Crippen molar-refractivity contribution in [3.8, 4) is 0 Å². The van der Waals surface area contributed by atoms with Crippen LogP contribution in [-0.2, 0) is 0 Å². The highest BCUT2D eigenvalue weighted by Crippen LogP contribution is 2.18. The Balaban J connectivity index is 3.28. The molecule has 0 fully saturated rings. The molecule has 0 saturated heterocycles. The number of rotatable bonds is 0. The molecular formula is C6H6BrClN2. The van der Waals surface area contributed by atoms with E-state index in [1.165, 1.54) is 0 Å². The number of nitrogens with zero attached hydrogens (tertiary/aromatic N) is 2. The Hall–Kier alpha value is -0.150. The minimum Gasteiger partial charge on any atom is -0.241 e. The quantitative estimate of drug-likeness (QED) is 0.673. The third-order valence-electron chi connectivity index (χ3n) is 1.23. The fraction of sp³-hybridized carbons (Fsp3) is 0.333. The van der Waals surface area contributed by atoms with Gasteiger partial charge in [-0.3, -0.25) is 0 Å². The summed E-state index contributed by atoms with van der Waals surface area (Å²) in [4.78, 5) is 8.12. The largest absolute Gasteiger partial charge is 0.241 e. The fourth-order valence-corrected chi connectivity index (χ4v) is 1.07. The van der Waals surface area contributed by atoms with E-state index >= 15 is 0 Å². The van der Waals surface area contributed by atoms with Crippen LogP contribution >= 0.6 is 27.5 Å². The fourth-order valence-electron chi connectivity index (χ4n) is 0.549. The molecule has 1 rings (SSSR count). The van der Waals surface area contributed by atoms with Gasteiger partial charge in [0, 0.05) is 0 Å². The van der Waals surface area contributed by atoms with Crippen LogP contribution in [0.2, 0.25) is 5.15 Å². The first-order valence-corrected chi connectivity index (χ1v) is 3.94. The summed E-state index contributed by atoms with van der Waals surface area (Å²) >= 11 is 8.84.